The molecule has 1 aliphatic carbocycles. The van der Waals surface area contributed by atoms with Crippen LogP contribution >= 0.6 is 11.8 Å². The largest absolute Gasteiger partial charge is 0.313 e. The van der Waals surface area contributed by atoms with E-state index in [0.717, 1.165) is 23.1 Å². The van der Waals surface area contributed by atoms with Crippen LogP contribution in [0.3, 0.4) is 0 Å². The van der Waals surface area contributed by atoms with E-state index in [1.54, 1.807) is 0 Å². The standard InChI is InChI=1S/C12H25NS/c1-4-10(3)14-12-9-7-6-8-11(12)13-5-2/h10-13H,4-9H2,1-3H3. The Hall–Kier alpha value is 0.310. The minimum Gasteiger partial charge on any atom is -0.313 e. The molecule has 1 N–H and O–H groups in total. The second-order valence-electron chi connectivity index (χ2n) is 4.34. The minimum atomic E-state index is 0.785. The van der Waals surface area contributed by atoms with Gasteiger partial charge in [0, 0.05) is 16.5 Å². The van der Waals surface area contributed by atoms with E-state index in [9.17, 15) is 0 Å². The van der Waals surface area contributed by atoms with Crippen LogP contribution in [0.4, 0.5) is 0 Å². The molecular weight excluding hydrogens is 190 g/mol. The van der Waals surface area contributed by atoms with E-state index in [2.05, 4.69) is 37.8 Å². The number of nitrogens with one attached hydrogen (secondary N) is 1. The van der Waals surface area contributed by atoms with Crippen molar-refractivity contribution in [1.82, 2.24) is 5.32 Å². The fourth-order valence-electron chi connectivity index (χ4n) is 2.15. The predicted octanol–water partition coefficient (Wildman–Crippen LogP) is 3.44. The van der Waals surface area contributed by atoms with Gasteiger partial charge in [0.1, 0.15) is 0 Å². The summed E-state index contributed by atoms with van der Waals surface area (Å²) in [4.78, 5) is 0. The van der Waals surface area contributed by atoms with Gasteiger partial charge >= 0.3 is 0 Å². The van der Waals surface area contributed by atoms with E-state index < -0.39 is 0 Å². The van der Waals surface area contributed by atoms with Crippen molar-refractivity contribution in [2.45, 2.75) is 69.4 Å². The highest BCUT2D eigenvalue weighted by molar-refractivity contribution is 8.00. The lowest BCUT2D eigenvalue weighted by molar-refractivity contribution is 0.390. The Bertz CT molecular complexity index is 147. The Morgan fingerprint density at radius 1 is 1.29 bits per heavy atom. The molecule has 1 saturated carbocycles. The lowest BCUT2D eigenvalue weighted by atomic mass is 9.95. The summed E-state index contributed by atoms with van der Waals surface area (Å²) in [6.07, 6.45) is 6.99. The number of hydrogen-bond donors (Lipinski definition) is 1. The molecule has 84 valence electrons. The highest BCUT2D eigenvalue weighted by Gasteiger charge is 2.25. The Balaban J connectivity index is 2.37. The Morgan fingerprint density at radius 3 is 2.64 bits per heavy atom. The molecule has 0 aromatic rings. The first-order valence-corrected chi connectivity index (χ1v) is 7.11. The maximum atomic E-state index is 3.64. The van der Waals surface area contributed by atoms with Crippen molar-refractivity contribution in [3.8, 4) is 0 Å². The second kappa shape index (κ2) is 6.73. The normalized spacial score (nSPS) is 30.2. The topological polar surface area (TPSA) is 12.0 Å². The highest BCUT2D eigenvalue weighted by atomic mass is 32.2. The minimum absolute atomic E-state index is 0.785. The summed E-state index contributed by atoms with van der Waals surface area (Å²) in [5.41, 5.74) is 0. The average Bonchev–Trinajstić information content (AvgIpc) is 2.21. The second-order valence-corrected chi connectivity index (χ2v) is 6.02. The molecule has 0 saturated heterocycles. The van der Waals surface area contributed by atoms with Crippen molar-refractivity contribution >= 4 is 11.8 Å². The molecule has 0 aromatic heterocycles. The molecule has 0 aliphatic heterocycles. The zero-order valence-corrected chi connectivity index (χ0v) is 10.7. The van der Waals surface area contributed by atoms with Crippen LogP contribution in [0, 0.1) is 0 Å². The zero-order chi connectivity index (χ0) is 10.4. The fourth-order valence-corrected chi connectivity index (χ4v) is 3.66. The van der Waals surface area contributed by atoms with Crippen molar-refractivity contribution in [3.63, 3.8) is 0 Å². The Kier molecular flexibility index (Phi) is 5.95. The van der Waals surface area contributed by atoms with Crippen LogP contribution in [-0.2, 0) is 0 Å². The van der Waals surface area contributed by atoms with E-state index >= 15 is 0 Å². The summed E-state index contributed by atoms with van der Waals surface area (Å²) in [6.45, 7) is 8.01. The van der Waals surface area contributed by atoms with E-state index in [0.29, 0.717) is 0 Å². The SMILES string of the molecule is CCNC1CCCCC1SC(C)CC. The molecule has 1 nitrogen and oxygen atoms in total. The van der Waals surface area contributed by atoms with Gasteiger partial charge in [0.05, 0.1) is 0 Å². The van der Waals surface area contributed by atoms with Gasteiger partial charge in [0.2, 0.25) is 0 Å². The van der Waals surface area contributed by atoms with Gasteiger partial charge in [-0.05, 0) is 25.8 Å². The highest BCUT2D eigenvalue weighted by Crippen LogP contribution is 2.32. The van der Waals surface area contributed by atoms with Crippen LogP contribution in [0.1, 0.15) is 52.9 Å². The zero-order valence-electron chi connectivity index (χ0n) is 9.88. The van der Waals surface area contributed by atoms with Crippen LogP contribution in [-0.4, -0.2) is 23.1 Å². The summed E-state index contributed by atoms with van der Waals surface area (Å²) in [5, 5.41) is 5.35. The summed E-state index contributed by atoms with van der Waals surface area (Å²) in [5.74, 6) is 0. The third kappa shape index (κ3) is 3.82. The maximum absolute atomic E-state index is 3.64. The molecular formula is C12H25NS. The lowest BCUT2D eigenvalue weighted by Gasteiger charge is -2.33. The van der Waals surface area contributed by atoms with Gasteiger partial charge in [-0.3, -0.25) is 0 Å². The molecule has 14 heavy (non-hydrogen) atoms. The maximum Gasteiger partial charge on any atom is 0.0203 e. The Morgan fingerprint density at radius 2 is 2.00 bits per heavy atom. The first-order valence-electron chi connectivity index (χ1n) is 6.16. The van der Waals surface area contributed by atoms with Crippen molar-refractivity contribution in [2.75, 3.05) is 6.54 Å². The predicted molar refractivity (Wildman–Crippen MR) is 67.1 cm³/mol. The summed E-state index contributed by atoms with van der Waals surface area (Å²) in [6, 6.07) is 0.785. The van der Waals surface area contributed by atoms with Crippen molar-refractivity contribution in [1.29, 1.82) is 0 Å². The number of hydrogen-bond acceptors (Lipinski definition) is 2. The quantitative estimate of drug-likeness (QED) is 0.754. The smallest absolute Gasteiger partial charge is 0.0203 e. The van der Waals surface area contributed by atoms with Crippen molar-refractivity contribution < 1.29 is 0 Å². The van der Waals surface area contributed by atoms with E-state index in [4.69, 9.17) is 0 Å². The molecule has 1 rings (SSSR count). The molecule has 3 unspecified atom stereocenters. The van der Waals surface area contributed by atoms with E-state index in [-0.39, 0.29) is 0 Å². The monoisotopic (exact) mass is 215 g/mol. The molecule has 1 aliphatic rings. The first kappa shape index (κ1) is 12.4. The van der Waals surface area contributed by atoms with Gasteiger partial charge in [0.15, 0.2) is 0 Å². The first-order chi connectivity index (χ1) is 6.77. The third-order valence-electron chi connectivity index (χ3n) is 3.15. The van der Waals surface area contributed by atoms with Gasteiger partial charge in [0.25, 0.3) is 0 Å². The molecule has 0 radical (unpaired) electrons. The molecule has 0 amide bonds. The summed E-state index contributed by atoms with van der Waals surface area (Å²) in [7, 11) is 0. The van der Waals surface area contributed by atoms with Gasteiger partial charge in [-0.2, -0.15) is 11.8 Å². The van der Waals surface area contributed by atoms with Crippen LogP contribution in [0.15, 0.2) is 0 Å². The average molecular weight is 215 g/mol. The fraction of sp³-hybridized carbons (Fsp3) is 1.00. The molecule has 2 heteroatoms. The number of rotatable bonds is 5. The lowest BCUT2D eigenvalue weighted by Crippen LogP contribution is -2.41. The van der Waals surface area contributed by atoms with Gasteiger partial charge in [-0.1, -0.05) is 33.6 Å². The Labute approximate surface area is 93.4 Å². The van der Waals surface area contributed by atoms with E-state index in [1.807, 2.05) is 0 Å². The van der Waals surface area contributed by atoms with Crippen LogP contribution in [0.2, 0.25) is 0 Å². The van der Waals surface area contributed by atoms with Crippen molar-refractivity contribution in [3.05, 3.63) is 0 Å². The molecule has 3 atom stereocenters. The van der Waals surface area contributed by atoms with Gasteiger partial charge < -0.3 is 5.32 Å². The molecule has 0 aromatic carbocycles. The van der Waals surface area contributed by atoms with Crippen LogP contribution in [0.5, 0.6) is 0 Å². The number of thioether (sulfide) groups is 1. The molecule has 0 bridgehead atoms. The third-order valence-corrected chi connectivity index (χ3v) is 4.86. The molecule has 0 heterocycles. The van der Waals surface area contributed by atoms with Crippen LogP contribution in [0.25, 0.3) is 0 Å². The summed E-state index contributed by atoms with van der Waals surface area (Å²) >= 11 is 2.21. The van der Waals surface area contributed by atoms with Crippen LogP contribution < -0.4 is 5.32 Å². The molecule has 0 spiro atoms. The van der Waals surface area contributed by atoms with Gasteiger partial charge in [-0.15, -0.1) is 0 Å². The van der Waals surface area contributed by atoms with Gasteiger partial charge in [-0.25, -0.2) is 0 Å². The molecule has 1 fully saturated rings. The van der Waals surface area contributed by atoms with Crippen molar-refractivity contribution in [2.24, 2.45) is 0 Å². The summed E-state index contributed by atoms with van der Waals surface area (Å²) < 4.78 is 0. The van der Waals surface area contributed by atoms with E-state index in [1.165, 1.54) is 32.1 Å².